The van der Waals surface area contributed by atoms with Crippen molar-refractivity contribution in [2.75, 3.05) is 6.54 Å². The summed E-state index contributed by atoms with van der Waals surface area (Å²) in [6.07, 6.45) is 4.69. The molecule has 2 heterocycles. The third-order valence-electron chi connectivity index (χ3n) is 2.18. The number of furan rings is 1. The molecule has 2 aromatic rings. The third-order valence-corrected chi connectivity index (χ3v) is 2.18. The Hall–Kier alpha value is -2.15. The number of carboxylic acids is 1. The molecule has 0 amide bonds. The number of nitrogens with one attached hydrogen (secondary N) is 1. The van der Waals surface area contributed by atoms with Crippen LogP contribution in [0.5, 0.6) is 0 Å². The Balaban J connectivity index is 1.72. The maximum Gasteiger partial charge on any atom is 0.358 e. The minimum atomic E-state index is -1.07. The van der Waals surface area contributed by atoms with Crippen molar-refractivity contribution in [2.24, 2.45) is 0 Å². The van der Waals surface area contributed by atoms with Crippen LogP contribution in [0.1, 0.15) is 16.1 Å². The molecule has 0 saturated carbocycles. The molecule has 0 aliphatic rings. The molecule has 0 spiro atoms. The SMILES string of the molecule is O=C(O)c1cn(CCNCc2ccoc2)nn1. The number of hydrogen-bond acceptors (Lipinski definition) is 5. The number of carboxylic acid groups (broad SMARTS) is 1. The molecule has 0 atom stereocenters. The first-order valence-electron chi connectivity index (χ1n) is 5.11. The van der Waals surface area contributed by atoms with Gasteiger partial charge >= 0.3 is 5.97 Å². The summed E-state index contributed by atoms with van der Waals surface area (Å²) in [6, 6.07) is 1.88. The highest BCUT2D eigenvalue weighted by Crippen LogP contribution is 1.98. The third kappa shape index (κ3) is 3.15. The summed E-state index contributed by atoms with van der Waals surface area (Å²) in [5, 5.41) is 19.0. The van der Waals surface area contributed by atoms with Crippen molar-refractivity contribution in [2.45, 2.75) is 13.1 Å². The molecule has 2 aromatic heterocycles. The summed E-state index contributed by atoms with van der Waals surface area (Å²) in [7, 11) is 0. The second-order valence-electron chi connectivity index (χ2n) is 3.48. The highest BCUT2D eigenvalue weighted by molar-refractivity contribution is 5.84. The van der Waals surface area contributed by atoms with Crippen LogP contribution in [-0.2, 0) is 13.1 Å². The second-order valence-corrected chi connectivity index (χ2v) is 3.48. The molecule has 2 N–H and O–H groups in total. The molecule has 0 aromatic carbocycles. The monoisotopic (exact) mass is 236 g/mol. The van der Waals surface area contributed by atoms with Crippen molar-refractivity contribution in [3.63, 3.8) is 0 Å². The predicted octanol–water partition coefficient (Wildman–Crippen LogP) is 0.359. The van der Waals surface area contributed by atoms with E-state index in [-0.39, 0.29) is 5.69 Å². The van der Waals surface area contributed by atoms with Gasteiger partial charge in [-0.15, -0.1) is 5.10 Å². The van der Waals surface area contributed by atoms with Gasteiger partial charge in [0.05, 0.1) is 25.3 Å². The van der Waals surface area contributed by atoms with E-state index < -0.39 is 5.97 Å². The number of aromatic nitrogens is 3. The van der Waals surface area contributed by atoms with Gasteiger partial charge in [0.15, 0.2) is 5.69 Å². The van der Waals surface area contributed by atoms with Crippen molar-refractivity contribution in [3.05, 3.63) is 36.0 Å². The van der Waals surface area contributed by atoms with Gasteiger partial charge in [0.1, 0.15) is 0 Å². The van der Waals surface area contributed by atoms with E-state index in [2.05, 4.69) is 15.6 Å². The van der Waals surface area contributed by atoms with Gasteiger partial charge in [-0.25, -0.2) is 4.79 Å². The van der Waals surface area contributed by atoms with Crippen LogP contribution in [0.2, 0.25) is 0 Å². The van der Waals surface area contributed by atoms with E-state index >= 15 is 0 Å². The van der Waals surface area contributed by atoms with E-state index in [1.807, 2.05) is 6.07 Å². The molecule has 90 valence electrons. The molecule has 0 aliphatic heterocycles. The van der Waals surface area contributed by atoms with Gasteiger partial charge in [0, 0.05) is 18.7 Å². The Kier molecular flexibility index (Phi) is 3.51. The van der Waals surface area contributed by atoms with Crippen molar-refractivity contribution in [1.29, 1.82) is 0 Å². The van der Waals surface area contributed by atoms with E-state index in [0.717, 1.165) is 5.56 Å². The van der Waals surface area contributed by atoms with Crippen molar-refractivity contribution < 1.29 is 14.3 Å². The maximum atomic E-state index is 10.6. The number of carbonyl (C=O) groups is 1. The first-order valence-corrected chi connectivity index (χ1v) is 5.11. The molecular formula is C10H12N4O3. The molecule has 0 aliphatic carbocycles. The molecule has 0 saturated heterocycles. The van der Waals surface area contributed by atoms with Gasteiger partial charge in [-0.3, -0.25) is 4.68 Å². The van der Waals surface area contributed by atoms with Gasteiger partial charge in [0.2, 0.25) is 0 Å². The van der Waals surface area contributed by atoms with E-state index in [0.29, 0.717) is 19.6 Å². The van der Waals surface area contributed by atoms with Crippen LogP contribution in [-0.4, -0.2) is 32.6 Å². The van der Waals surface area contributed by atoms with E-state index in [4.69, 9.17) is 9.52 Å². The Labute approximate surface area is 97.0 Å². The lowest BCUT2D eigenvalue weighted by Gasteiger charge is -2.02. The van der Waals surface area contributed by atoms with Crippen molar-refractivity contribution in [3.8, 4) is 0 Å². The Morgan fingerprint density at radius 1 is 1.59 bits per heavy atom. The smallest absolute Gasteiger partial charge is 0.358 e. The van der Waals surface area contributed by atoms with Crippen LogP contribution in [0.15, 0.2) is 29.2 Å². The van der Waals surface area contributed by atoms with Gasteiger partial charge in [-0.05, 0) is 6.07 Å². The van der Waals surface area contributed by atoms with Gasteiger partial charge in [-0.1, -0.05) is 5.21 Å². The van der Waals surface area contributed by atoms with E-state index in [1.54, 1.807) is 12.5 Å². The maximum absolute atomic E-state index is 10.6. The zero-order chi connectivity index (χ0) is 12.1. The molecule has 17 heavy (non-hydrogen) atoms. The van der Waals surface area contributed by atoms with Crippen molar-refractivity contribution in [1.82, 2.24) is 20.3 Å². The van der Waals surface area contributed by atoms with E-state index in [1.165, 1.54) is 10.9 Å². The lowest BCUT2D eigenvalue weighted by molar-refractivity contribution is 0.0690. The zero-order valence-electron chi connectivity index (χ0n) is 9.04. The minimum Gasteiger partial charge on any atom is -0.476 e. The Bertz CT molecular complexity index is 477. The molecular weight excluding hydrogens is 224 g/mol. The highest BCUT2D eigenvalue weighted by atomic mass is 16.4. The largest absolute Gasteiger partial charge is 0.476 e. The van der Waals surface area contributed by atoms with Gasteiger partial charge < -0.3 is 14.8 Å². The fourth-order valence-corrected chi connectivity index (χ4v) is 1.33. The van der Waals surface area contributed by atoms with Gasteiger partial charge in [0.25, 0.3) is 0 Å². The lowest BCUT2D eigenvalue weighted by atomic mass is 10.3. The molecule has 7 heteroatoms. The number of rotatable bonds is 6. The molecule has 7 nitrogen and oxygen atoms in total. The summed E-state index contributed by atoms with van der Waals surface area (Å²) in [4.78, 5) is 10.6. The summed E-state index contributed by atoms with van der Waals surface area (Å²) in [5.74, 6) is -1.07. The first-order chi connectivity index (χ1) is 8.25. The molecule has 2 rings (SSSR count). The average Bonchev–Trinajstić information content (AvgIpc) is 2.96. The summed E-state index contributed by atoms with van der Waals surface area (Å²) in [6.45, 7) is 1.95. The van der Waals surface area contributed by atoms with Crippen LogP contribution in [0.3, 0.4) is 0 Å². The highest BCUT2D eigenvalue weighted by Gasteiger charge is 2.07. The number of nitrogens with zero attached hydrogens (tertiary/aromatic N) is 3. The second kappa shape index (κ2) is 5.26. The Morgan fingerprint density at radius 3 is 3.12 bits per heavy atom. The van der Waals surface area contributed by atoms with E-state index in [9.17, 15) is 4.79 Å². The lowest BCUT2D eigenvalue weighted by Crippen LogP contribution is -2.19. The summed E-state index contributed by atoms with van der Waals surface area (Å²) >= 11 is 0. The van der Waals surface area contributed by atoms with Crippen LogP contribution in [0.25, 0.3) is 0 Å². The van der Waals surface area contributed by atoms with Crippen molar-refractivity contribution >= 4 is 5.97 Å². The normalized spacial score (nSPS) is 10.6. The Morgan fingerprint density at radius 2 is 2.47 bits per heavy atom. The first kappa shape index (κ1) is 11.3. The predicted molar refractivity (Wildman–Crippen MR) is 57.4 cm³/mol. The molecule has 0 bridgehead atoms. The summed E-state index contributed by atoms with van der Waals surface area (Å²) in [5.41, 5.74) is 1.02. The summed E-state index contributed by atoms with van der Waals surface area (Å²) < 4.78 is 6.42. The zero-order valence-corrected chi connectivity index (χ0v) is 9.04. The number of hydrogen-bond donors (Lipinski definition) is 2. The number of aromatic carboxylic acids is 1. The fraction of sp³-hybridized carbons (Fsp3) is 0.300. The topological polar surface area (TPSA) is 93.2 Å². The average molecular weight is 236 g/mol. The minimum absolute atomic E-state index is 0.0418. The fourth-order valence-electron chi connectivity index (χ4n) is 1.33. The van der Waals surface area contributed by atoms with Crippen LogP contribution >= 0.6 is 0 Å². The van der Waals surface area contributed by atoms with Crippen LogP contribution < -0.4 is 5.32 Å². The standard InChI is InChI=1S/C10H12N4O3/c15-10(16)9-6-14(13-12-9)3-2-11-5-8-1-4-17-7-8/h1,4,6-7,11H,2-3,5H2,(H,15,16). The molecule has 0 unspecified atom stereocenters. The quantitative estimate of drug-likeness (QED) is 0.703. The van der Waals surface area contributed by atoms with Gasteiger partial charge in [-0.2, -0.15) is 0 Å². The van der Waals surface area contributed by atoms with Crippen LogP contribution in [0.4, 0.5) is 0 Å². The molecule has 0 fully saturated rings. The molecule has 0 radical (unpaired) electrons. The van der Waals surface area contributed by atoms with Crippen LogP contribution in [0, 0.1) is 0 Å².